The first-order chi connectivity index (χ1) is 7.80. The largest absolute Gasteiger partial charge is 0.373 e. The first-order valence-electron chi connectivity index (χ1n) is 5.79. The van der Waals surface area contributed by atoms with Gasteiger partial charge in [-0.3, -0.25) is 0 Å². The van der Waals surface area contributed by atoms with Crippen molar-refractivity contribution in [3.63, 3.8) is 0 Å². The standard InChI is InChI=1S/C13H17NO2/c1-14-6-7-16-13(9-14)10-15-8-11-4-2-3-5-12(11)13/h2-5H,6-10H2,1H3. The number of rotatable bonds is 0. The van der Waals surface area contributed by atoms with Crippen LogP contribution in [0.5, 0.6) is 0 Å². The summed E-state index contributed by atoms with van der Waals surface area (Å²) >= 11 is 0. The van der Waals surface area contributed by atoms with Crippen LogP contribution in [0.3, 0.4) is 0 Å². The maximum absolute atomic E-state index is 6.04. The van der Waals surface area contributed by atoms with E-state index in [1.807, 2.05) is 0 Å². The molecular formula is C13H17NO2. The summed E-state index contributed by atoms with van der Waals surface area (Å²) in [6, 6.07) is 8.46. The van der Waals surface area contributed by atoms with Crippen LogP contribution in [0.4, 0.5) is 0 Å². The molecule has 1 saturated heterocycles. The molecule has 3 heteroatoms. The number of fused-ring (bicyclic) bond motifs is 2. The average molecular weight is 219 g/mol. The van der Waals surface area contributed by atoms with Crippen molar-refractivity contribution in [3.8, 4) is 0 Å². The molecule has 1 atom stereocenters. The third kappa shape index (κ3) is 1.56. The Morgan fingerprint density at radius 2 is 2.19 bits per heavy atom. The lowest BCUT2D eigenvalue weighted by Crippen LogP contribution is -2.52. The molecule has 0 bridgehead atoms. The van der Waals surface area contributed by atoms with Crippen LogP contribution < -0.4 is 0 Å². The molecule has 2 heterocycles. The van der Waals surface area contributed by atoms with Gasteiger partial charge in [0.15, 0.2) is 0 Å². The normalized spacial score (nSPS) is 30.3. The van der Waals surface area contributed by atoms with Crippen molar-refractivity contribution in [2.45, 2.75) is 12.2 Å². The SMILES string of the molecule is CN1CCOC2(COCc3ccccc32)C1. The zero-order valence-electron chi connectivity index (χ0n) is 9.61. The zero-order valence-corrected chi connectivity index (χ0v) is 9.61. The van der Waals surface area contributed by atoms with Gasteiger partial charge >= 0.3 is 0 Å². The van der Waals surface area contributed by atoms with Gasteiger partial charge < -0.3 is 14.4 Å². The molecule has 1 unspecified atom stereocenters. The lowest BCUT2D eigenvalue weighted by atomic mass is 9.87. The van der Waals surface area contributed by atoms with Gasteiger partial charge in [-0.15, -0.1) is 0 Å². The fourth-order valence-corrected chi connectivity index (χ4v) is 2.70. The predicted molar refractivity (Wildman–Crippen MR) is 61.2 cm³/mol. The fraction of sp³-hybridized carbons (Fsp3) is 0.538. The Hall–Kier alpha value is -0.900. The van der Waals surface area contributed by atoms with E-state index in [1.54, 1.807) is 0 Å². The maximum Gasteiger partial charge on any atom is 0.129 e. The van der Waals surface area contributed by atoms with Gasteiger partial charge in [0.25, 0.3) is 0 Å². The van der Waals surface area contributed by atoms with Gasteiger partial charge in [0.2, 0.25) is 0 Å². The molecule has 0 radical (unpaired) electrons. The molecule has 0 amide bonds. The van der Waals surface area contributed by atoms with Crippen LogP contribution >= 0.6 is 0 Å². The van der Waals surface area contributed by atoms with Gasteiger partial charge in [0.1, 0.15) is 5.60 Å². The quantitative estimate of drug-likeness (QED) is 0.658. The summed E-state index contributed by atoms with van der Waals surface area (Å²) in [4.78, 5) is 2.31. The van der Waals surface area contributed by atoms with Crippen molar-refractivity contribution in [2.75, 3.05) is 33.4 Å². The molecule has 1 spiro atoms. The van der Waals surface area contributed by atoms with E-state index in [4.69, 9.17) is 9.47 Å². The van der Waals surface area contributed by atoms with E-state index in [0.29, 0.717) is 13.2 Å². The van der Waals surface area contributed by atoms with Crippen LogP contribution in [0.25, 0.3) is 0 Å². The van der Waals surface area contributed by atoms with Gasteiger partial charge in [-0.1, -0.05) is 24.3 Å². The van der Waals surface area contributed by atoms with E-state index in [2.05, 4.69) is 36.2 Å². The lowest BCUT2D eigenvalue weighted by Gasteiger charge is -2.44. The minimum atomic E-state index is -0.234. The zero-order chi connectivity index (χ0) is 11.0. The number of benzene rings is 1. The molecule has 0 aromatic heterocycles. The second-order valence-electron chi connectivity index (χ2n) is 4.73. The summed E-state index contributed by atoms with van der Waals surface area (Å²) in [6.07, 6.45) is 0. The Morgan fingerprint density at radius 1 is 1.31 bits per heavy atom. The summed E-state index contributed by atoms with van der Waals surface area (Å²) < 4.78 is 11.7. The Labute approximate surface area is 96.0 Å². The Morgan fingerprint density at radius 3 is 3.06 bits per heavy atom. The second-order valence-corrected chi connectivity index (χ2v) is 4.73. The Bertz CT molecular complexity index is 393. The molecule has 86 valence electrons. The van der Waals surface area contributed by atoms with Gasteiger partial charge in [0, 0.05) is 13.1 Å². The highest BCUT2D eigenvalue weighted by molar-refractivity contribution is 5.34. The van der Waals surface area contributed by atoms with Crippen molar-refractivity contribution in [3.05, 3.63) is 35.4 Å². The Kier molecular flexibility index (Phi) is 2.46. The molecule has 2 aliphatic rings. The fourth-order valence-electron chi connectivity index (χ4n) is 2.70. The Balaban J connectivity index is 2.02. The van der Waals surface area contributed by atoms with Crippen LogP contribution in [0.15, 0.2) is 24.3 Å². The highest BCUT2D eigenvalue weighted by Gasteiger charge is 2.41. The molecule has 1 aromatic rings. The molecule has 0 aliphatic carbocycles. The van der Waals surface area contributed by atoms with E-state index >= 15 is 0 Å². The second kappa shape index (κ2) is 3.84. The summed E-state index contributed by atoms with van der Waals surface area (Å²) in [7, 11) is 2.14. The van der Waals surface area contributed by atoms with Crippen molar-refractivity contribution < 1.29 is 9.47 Å². The monoisotopic (exact) mass is 219 g/mol. The van der Waals surface area contributed by atoms with Crippen LogP contribution in [0, 0.1) is 0 Å². The first kappa shape index (κ1) is 10.3. The number of hydrogen-bond donors (Lipinski definition) is 0. The molecular weight excluding hydrogens is 202 g/mol. The summed E-state index contributed by atoms with van der Waals surface area (Å²) in [6.45, 7) is 4.10. The van der Waals surface area contributed by atoms with Crippen LogP contribution in [-0.4, -0.2) is 38.3 Å². The van der Waals surface area contributed by atoms with Crippen molar-refractivity contribution in [1.29, 1.82) is 0 Å². The average Bonchev–Trinajstić information content (AvgIpc) is 2.30. The topological polar surface area (TPSA) is 21.7 Å². The maximum atomic E-state index is 6.04. The molecule has 3 nitrogen and oxygen atoms in total. The molecule has 0 saturated carbocycles. The molecule has 3 rings (SSSR count). The molecule has 16 heavy (non-hydrogen) atoms. The molecule has 1 aromatic carbocycles. The molecule has 1 fully saturated rings. The number of hydrogen-bond acceptors (Lipinski definition) is 3. The number of likely N-dealkylation sites (N-methyl/N-ethyl adjacent to an activating group) is 1. The smallest absolute Gasteiger partial charge is 0.129 e. The van der Waals surface area contributed by atoms with Crippen molar-refractivity contribution in [1.82, 2.24) is 4.90 Å². The third-order valence-electron chi connectivity index (χ3n) is 3.48. The van der Waals surface area contributed by atoms with Crippen LogP contribution in [0.2, 0.25) is 0 Å². The summed E-state index contributed by atoms with van der Waals surface area (Å²) in [5, 5.41) is 0. The summed E-state index contributed by atoms with van der Waals surface area (Å²) in [5.41, 5.74) is 2.35. The first-order valence-corrected chi connectivity index (χ1v) is 5.79. The highest BCUT2D eigenvalue weighted by atomic mass is 16.5. The van der Waals surface area contributed by atoms with Crippen LogP contribution in [0.1, 0.15) is 11.1 Å². The van der Waals surface area contributed by atoms with Crippen LogP contribution in [-0.2, 0) is 21.7 Å². The van der Waals surface area contributed by atoms with E-state index in [0.717, 1.165) is 19.7 Å². The van der Waals surface area contributed by atoms with E-state index in [9.17, 15) is 0 Å². The minimum Gasteiger partial charge on any atom is -0.373 e. The lowest BCUT2D eigenvalue weighted by molar-refractivity contribution is -0.158. The number of morpholine rings is 1. The summed E-state index contributed by atoms with van der Waals surface area (Å²) in [5.74, 6) is 0. The molecule has 0 N–H and O–H groups in total. The van der Waals surface area contributed by atoms with E-state index < -0.39 is 0 Å². The van der Waals surface area contributed by atoms with Gasteiger partial charge in [-0.25, -0.2) is 0 Å². The van der Waals surface area contributed by atoms with Crippen molar-refractivity contribution in [2.24, 2.45) is 0 Å². The highest BCUT2D eigenvalue weighted by Crippen LogP contribution is 2.35. The van der Waals surface area contributed by atoms with Gasteiger partial charge in [0.05, 0.1) is 19.8 Å². The number of ether oxygens (including phenoxy) is 2. The van der Waals surface area contributed by atoms with Crippen molar-refractivity contribution >= 4 is 0 Å². The number of nitrogens with zero attached hydrogens (tertiary/aromatic N) is 1. The van der Waals surface area contributed by atoms with Gasteiger partial charge in [-0.05, 0) is 18.2 Å². The van der Waals surface area contributed by atoms with E-state index in [1.165, 1.54) is 11.1 Å². The third-order valence-corrected chi connectivity index (χ3v) is 3.48. The van der Waals surface area contributed by atoms with Gasteiger partial charge in [-0.2, -0.15) is 0 Å². The molecule has 2 aliphatic heterocycles. The minimum absolute atomic E-state index is 0.234. The van der Waals surface area contributed by atoms with E-state index in [-0.39, 0.29) is 5.60 Å². The predicted octanol–water partition coefficient (Wildman–Crippen LogP) is 1.37.